The third kappa shape index (κ3) is 3.39. The Kier molecular flexibility index (Phi) is 4.38. The quantitative estimate of drug-likeness (QED) is 0.725. The van der Waals surface area contributed by atoms with Gasteiger partial charge >= 0.3 is 0 Å². The van der Waals surface area contributed by atoms with Crippen molar-refractivity contribution in [3.05, 3.63) is 83.7 Å². The lowest BCUT2D eigenvalue weighted by molar-refractivity contribution is 0.237. The van der Waals surface area contributed by atoms with Crippen LogP contribution in [0.1, 0.15) is 22.6 Å². The summed E-state index contributed by atoms with van der Waals surface area (Å²) in [5.41, 5.74) is 5.14. The summed E-state index contributed by atoms with van der Waals surface area (Å²) in [5, 5.41) is 0. The van der Waals surface area contributed by atoms with E-state index in [4.69, 9.17) is 0 Å². The first kappa shape index (κ1) is 15.1. The largest absolute Gasteiger partial charge is 0.334 e. The molecule has 0 fully saturated rings. The van der Waals surface area contributed by atoms with E-state index in [0.29, 0.717) is 0 Å². The summed E-state index contributed by atoms with van der Waals surface area (Å²) >= 11 is 0. The van der Waals surface area contributed by atoms with Crippen molar-refractivity contribution in [2.24, 2.45) is 0 Å². The minimum atomic E-state index is 0.900. The van der Waals surface area contributed by atoms with Crippen molar-refractivity contribution in [2.45, 2.75) is 32.5 Å². The van der Waals surface area contributed by atoms with E-state index in [1.54, 1.807) is 0 Å². The molecule has 0 saturated heterocycles. The maximum absolute atomic E-state index is 4.66. The Bertz CT molecular complexity index is 780. The molecule has 3 heterocycles. The normalized spacial score (nSPS) is 14.5. The lowest BCUT2D eigenvalue weighted by Gasteiger charge is -2.26. The molecule has 0 radical (unpaired) electrons. The van der Waals surface area contributed by atoms with E-state index >= 15 is 0 Å². The zero-order valence-corrected chi connectivity index (χ0v) is 13.8. The lowest BCUT2D eigenvalue weighted by atomic mass is 10.1. The predicted molar refractivity (Wildman–Crippen MR) is 94.4 cm³/mol. The first-order valence-electron chi connectivity index (χ1n) is 8.57. The van der Waals surface area contributed by atoms with Gasteiger partial charge in [0.25, 0.3) is 0 Å². The number of hydrogen-bond donors (Lipinski definition) is 0. The summed E-state index contributed by atoms with van der Waals surface area (Å²) in [4.78, 5) is 11.5. The number of aromatic nitrogens is 3. The van der Waals surface area contributed by atoms with Crippen LogP contribution in [0, 0.1) is 0 Å². The van der Waals surface area contributed by atoms with Crippen molar-refractivity contribution in [1.82, 2.24) is 19.4 Å². The molecule has 1 aliphatic heterocycles. The molecule has 122 valence electrons. The molecule has 0 aliphatic carbocycles. The highest BCUT2D eigenvalue weighted by molar-refractivity contribution is 5.19. The van der Waals surface area contributed by atoms with E-state index in [2.05, 4.69) is 61.9 Å². The minimum absolute atomic E-state index is 0.900. The molecule has 0 N–H and O–H groups in total. The van der Waals surface area contributed by atoms with Gasteiger partial charge in [-0.15, -0.1) is 0 Å². The summed E-state index contributed by atoms with van der Waals surface area (Å²) in [6.07, 6.45) is 6.00. The van der Waals surface area contributed by atoms with Gasteiger partial charge in [-0.3, -0.25) is 9.88 Å². The second kappa shape index (κ2) is 6.97. The average Bonchev–Trinajstić information content (AvgIpc) is 3.04. The Labute approximate surface area is 142 Å². The fraction of sp³-hybridized carbons (Fsp3) is 0.300. The van der Waals surface area contributed by atoms with Gasteiger partial charge in [0.2, 0.25) is 0 Å². The molecular weight excluding hydrogens is 296 g/mol. The van der Waals surface area contributed by atoms with Crippen LogP contribution in [0.3, 0.4) is 0 Å². The van der Waals surface area contributed by atoms with Crippen molar-refractivity contribution >= 4 is 0 Å². The summed E-state index contributed by atoms with van der Waals surface area (Å²) in [6.45, 7) is 3.90. The SMILES string of the molecule is c1ccc(CCn2cnc3c2CCN(Cc2ccccn2)C3)cc1. The van der Waals surface area contributed by atoms with Crippen molar-refractivity contribution in [1.29, 1.82) is 0 Å². The van der Waals surface area contributed by atoms with E-state index in [-0.39, 0.29) is 0 Å². The van der Waals surface area contributed by atoms with Crippen molar-refractivity contribution in [3.63, 3.8) is 0 Å². The van der Waals surface area contributed by atoms with Crippen LogP contribution in [0.15, 0.2) is 61.1 Å². The third-order valence-corrected chi connectivity index (χ3v) is 4.67. The Morgan fingerprint density at radius 2 is 1.83 bits per heavy atom. The minimum Gasteiger partial charge on any atom is -0.334 e. The highest BCUT2D eigenvalue weighted by atomic mass is 15.2. The van der Waals surface area contributed by atoms with E-state index in [9.17, 15) is 0 Å². The number of nitrogens with zero attached hydrogens (tertiary/aromatic N) is 4. The second-order valence-corrected chi connectivity index (χ2v) is 6.35. The van der Waals surface area contributed by atoms with Gasteiger partial charge in [-0.05, 0) is 24.1 Å². The van der Waals surface area contributed by atoms with E-state index in [1.807, 2.05) is 18.6 Å². The number of rotatable bonds is 5. The van der Waals surface area contributed by atoms with Gasteiger partial charge in [0, 0.05) is 44.5 Å². The van der Waals surface area contributed by atoms with Crippen LogP contribution < -0.4 is 0 Å². The topological polar surface area (TPSA) is 34.0 Å². The molecule has 1 aromatic carbocycles. The molecule has 24 heavy (non-hydrogen) atoms. The van der Waals surface area contributed by atoms with Crippen LogP contribution >= 0.6 is 0 Å². The first-order valence-corrected chi connectivity index (χ1v) is 8.57. The standard InChI is InChI=1S/C20H22N4/c1-2-6-17(7-3-1)9-13-24-16-22-19-15-23(12-10-20(19)24)14-18-8-4-5-11-21-18/h1-8,11,16H,9-10,12-15H2. The van der Waals surface area contributed by atoms with Gasteiger partial charge in [-0.2, -0.15) is 0 Å². The van der Waals surface area contributed by atoms with Crippen molar-refractivity contribution in [2.75, 3.05) is 6.54 Å². The number of benzene rings is 1. The highest BCUT2D eigenvalue weighted by Gasteiger charge is 2.21. The maximum Gasteiger partial charge on any atom is 0.0952 e. The van der Waals surface area contributed by atoms with Gasteiger partial charge in [-0.1, -0.05) is 36.4 Å². The Morgan fingerprint density at radius 3 is 2.67 bits per heavy atom. The molecule has 0 bridgehead atoms. The van der Waals surface area contributed by atoms with Crippen LogP contribution in [0.5, 0.6) is 0 Å². The molecule has 0 spiro atoms. The Morgan fingerprint density at radius 1 is 0.958 bits per heavy atom. The molecule has 4 nitrogen and oxygen atoms in total. The van der Waals surface area contributed by atoms with Gasteiger partial charge in [-0.25, -0.2) is 4.98 Å². The number of imidazole rings is 1. The van der Waals surface area contributed by atoms with Gasteiger partial charge in [0.05, 0.1) is 17.7 Å². The monoisotopic (exact) mass is 318 g/mol. The van der Waals surface area contributed by atoms with E-state index in [1.165, 1.54) is 17.0 Å². The van der Waals surface area contributed by atoms with Crippen LogP contribution in [-0.4, -0.2) is 26.0 Å². The summed E-state index contributed by atoms with van der Waals surface area (Å²) < 4.78 is 2.33. The van der Waals surface area contributed by atoms with E-state index < -0.39 is 0 Å². The maximum atomic E-state index is 4.66. The highest BCUT2D eigenvalue weighted by Crippen LogP contribution is 2.19. The van der Waals surface area contributed by atoms with Crippen LogP contribution in [0.2, 0.25) is 0 Å². The third-order valence-electron chi connectivity index (χ3n) is 4.67. The van der Waals surface area contributed by atoms with Crippen molar-refractivity contribution < 1.29 is 0 Å². The summed E-state index contributed by atoms with van der Waals surface area (Å²) in [5.74, 6) is 0. The molecule has 3 aromatic rings. The van der Waals surface area contributed by atoms with Gasteiger partial charge in [0.1, 0.15) is 0 Å². The molecule has 0 atom stereocenters. The predicted octanol–water partition coefficient (Wildman–Crippen LogP) is 3.08. The Hall–Kier alpha value is -2.46. The molecule has 2 aromatic heterocycles. The summed E-state index contributed by atoms with van der Waals surface area (Å²) in [7, 11) is 0. The zero-order chi connectivity index (χ0) is 16.2. The molecule has 0 amide bonds. The molecule has 4 heteroatoms. The van der Waals surface area contributed by atoms with Gasteiger partial charge in [0.15, 0.2) is 0 Å². The van der Waals surface area contributed by atoms with Crippen molar-refractivity contribution in [3.8, 4) is 0 Å². The zero-order valence-electron chi connectivity index (χ0n) is 13.8. The number of hydrogen-bond acceptors (Lipinski definition) is 3. The summed E-state index contributed by atoms with van der Waals surface area (Å²) in [6, 6.07) is 16.8. The molecule has 1 aliphatic rings. The number of fused-ring (bicyclic) bond motifs is 1. The fourth-order valence-electron chi connectivity index (χ4n) is 3.37. The van der Waals surface area contributed by atoms with Crippen LogP contribution in [-0.2, 0) is 32.5 Å². The molecule has 0 unspecified atom stereocenters. The molecular formula is C20H22N4. The van der Waals surface area contributed by atoms with Crippen LogP contribution in [0.25, 0.3) is 0 Å². The number of pyridine rings is 1. The lowest BCUT2D eigenvalue weighted by Crippen LogP contribution is -2.31. The van der Waals surface area contributed by atoms with E-state index in [0.717, 1.165) is 44.7 Å². The number of aryl methyl sites for hydroxylation is 2. The Balaban J connectivity index is 1.40. The average molecular weight is 318 g/mol. The molecule has 0 saturated carbocycles. The smallest absolute Gasteiger partial charge is 0.0952 e. The van der Waals surface area contributed by atoms with Crippen LogP contribution in [0.4, 0.5) is 0 Å². The molecule has 4 rings (SSSR count). The fourth-order valence-corrected chi connectivity index (χ4v) is 3.37. The second-order valence-electron chi connectivity index (χ2n) is 6.35. The first-order chi connectivity index (χ1) is 11.9. The van der Waals surface area contributed by atoms with Gasteiger partial charge < -0.3 is 4.57 Å².